The minimum Gasteiger partial charge on any atom is -0.496 e. The molecule has 2 aliphatic rings. The second-order valence-corrected chi connectivity index (χ2v) is 6.38. The summed E-state index contributed by atoms with van der Waals surface area (Å²) in [6, 6.07) is 7.46. The van der Waals surface area contributed by atoms with E-state index < -0.39 is 0 Å². The van der Waals surface area contributed by atoms with E-state index in [2.05, 4.69) is 42.3 Å². The predicted octanol–water partition coefficient (Wildman–Crippen LogP) is 2.75. The van der Waals surface area contributed by atoms with Gasteiger partial charge in [0, 0.05) is 24.2 Å². The molecule has 0 radical (unpaired) electrons. The summed E-state index contributed by atoms with van der Waals surface area (Å²) in [6.07, 6.45) is 2.64. The molecule has 4 unspecified atom stereocenters. The van der Waals surface area contributed by atoms with E-state index in [9.17, 15) is 0 Å². The van der Waals surface area contributed by atoms with Gasteiger partial charge >= 0.3 is 0 Å². The summed E-state index contributed by atoms with van der Waals surface area (Å²) in [5.41, 5.74) is 2.58. The topological polar surface area (TPSA) is 24.5 Å². The summed E-state index contributed by atoms with van der Waals surface area (Å²) in [5, 5.41) is 3.86. The molecule has 0 aromatic heterocycles. The van der Waals surface area contributed by atoms with Crippen LogP contribution in [0, 0.1) is 12.8 Å². The first-order valence-electron chi connectivity index (χ1n) is 7.80. The van der Waals surface area contributed by atoms with Gasteiger partial charge in [-0.1, -0.05) is 17.7 Å². The first-order valence-corrected chi connectivity index (χ1v) is 7.80. The third-order valence-electron chi connectivity index (χ3n) is 4.95. The summed E-state index contributed by atoms with van der Waals surface area (Å²) in [7, 11) is 1.76. The molecule has 0 saturated carbocycles. The number of nitrogens with zero attached hydrogens (tertiary/aromatic N) is 1. The van der Waals surface area contributed by atoms with Gasteiger partial charge in [-0.15, -0.1) is 0 Å². The molecule has 2 saturated heterocycles. The SMILES string of the molecule is COc1ccc(C)cc1C(C)NC1CCN2CCC1C2. The highest BCUT2D eigenvalue weighted by atomic mass is 16.5. The molecule has 1 aromatic carbocycles. The van der Waals surface area contributed by atoms with E-state index in [0.29, 0.717) is 12.1 Å². The van der Waals surface area contributed by atoms with Gasteiger partial charge in [0.25, 0.3) is 0 Å². The van der Waals surface area contributed by atoms with Crippen molar-refractivity contribution in [3.8, 4) is 5.75 Å². The van der Waals surface area contributed by atoms with E-state index in [-0.39, 0.29) is 0 Å². The molecule has 110 valence electrons. The molecule has 3 nitrogen and oxygen atoms in total. The first-order chi connectivity index (χ1) is 9.67. The van der Waals surface area contributed by atoms with Crippen molar-refractivity contribution < 1.29 is 4.74 Å². The normalized spacial score (nSPS) is 30.2. The number of aryl methyl sites for hydroxylation is 1. The van der Waals surface area contributed by atoms with Crippen LogP contribution < -0.4 is 10.1 Å². The number of hydrogen-bond donors (Lipinski definition) is 1. The highest BCUT2D eigenvalue weighted by molar-refractivity contribution is 5.39. The lowest BCUT2D eigenvalue weighted by molar-refractivity contribution is 0.211. The Bertz CT molecular complexity index is 474. The fourth-order valence-corrected chi connectivity index (χ4v) is 3.77. The van der Waals surface area contributed by atoms with Crippen LogP contribution in [-0.4, -0.2) is 37.7 Å². The van der Waals surface area contributed by atoms with E-state index in [4.69, 9.17) is 4.74 Å². The van der Waals surface area contributed by atoms with E-state index in [1.54, 1.807) is 7.11 Å². The number of rotatable bonds is 4. The lowest BCUT2D eigenvalue weighted by atomic mass is 9.92. The molecule has 20 heavy (non-hydrogen) atoms. The molecule has 1 N–H and O–H groups in total. The minimum absolute atomic E-state index is 0.349. The van der Waals surface area contributed by atoms with Crippen molar-refractivity contribution in [3.05, 3.63) is 29.3 Å². The largest absolute Gasteiger partial charge is 0.496 e. The summed E-state index contributed by atoms with van der Waals surface area (Å²) in [4.78, 5) is 2.60. The number of hydrogen-bond acceptors (Lipinski definition) is 3. The number of fused-ring (bicyclic) bond motifs is 2. The van der Waals surface area contributed by atoms with Crippen LogP contribution in [-0.2, 0) is 0 Å². The van der Waals surface area contributed by atoms with Crippen molar-refractivity contribution in [1.82, 2.24) is 10.2 Å². The van der Waals surface area contributed by atoms with Gasteiger partial charge in [-0.3, -0.25) is 0 Å². The zero-order chi connectivity index (χ0) is 14.1. The fraction of sp³-hybridized carbons (Fsp3) is 0.647. The monoisotopic (exact) mass is 274 g/mol. The average Bonchev–Trinajstić information content (AvgIpc) is 2.84. The van der Waals surface area contributed by atoms with E-state index in [0.717, 1.165) is 11.7 Å². The Balaban J connectivity index is 1.72. The van der Waals surface area contributed by atoms with Crippen molar-refractivity contribution in [1.29, 1.82) is 0 Å². The fourth-order valence-electron chi connectivity index (χ4n) is 3.77. The lowest BCUT2D eigenvalue weighted by Gasteiger charge is -2.33. The maximum atomic E-state index is 5.52. The number of piperidine rings is 1. The molecule has 2 aliphatic heterocycles. The van der Waals surface area contributed by atoms with Gasteiger partial charge in [0.1, 0.15) is 5.75 Å². The van der Waals surface area contributed by atoms with E-state index >= 15 is 0 Å². The van der Waals surface area contributed by atoms with E-state index in [1.165, 1.54) is 43.6 Å². The zero-order valence-electron chi connectivity index (χ0n) is 12.9. The van der Waals surface area contributed by atoms with Crippen LogP contribution in [0.4, 0.5) is 0 Å². The Morgan fingerprint density at radius 1 is 1.30 bits per heavy atom. The molecule has 0 aliphatic carbocycles. The van der Waals surface area contributed by atoms with Gasteiger partial charge < -0.3 is 15.0 Å². The Labute approximate surface area is 122 Å². The number of nitrogens with one attached hydrogen (secondary N) is 1. The van der Waals surface area contributed by atoms with Gasteiger partial charge in [-0.05, 0) is 51.8 Å². The minimum atomic E-state index is 0.349. The number of ether oxygens (including phenoxy) is 1. The Kier molecular flexibility index (Phi) is 3.99. The first kappa shape index (κ1) is 13.9. The summed E-state index contributed by atoms with van der Waals surface area (Å²) < 4.78 is 5.52. The van der Waals surface area contributed by atoms with Gasteiger partial charge in [0.05, 0.1) is 7.11 Å². The maximum Gasteiger partial charge on any atom is 0.123 e. The maximum absolute atomic E-state index is 5.52. The van der Waals surface area contributed by atoms with Crippen LogP contribution in [0.15, 0.2) is 18.2 Å². The Hall–Kier alpha value is -1.06. The van der Waals surface area contributed by atoms with Gasteiger partial charge in [-0.25, -0.2) is 0 Å². The molecule has 4 atom stereocenters. The number of benzene rings is 1. The smallest absolute Gasteiger partial charge is 0.123 e. The molecule has 3 heteroatoms. The second-order valence-electron chi connectivity index (χ2n) is 6.38. The van der Waals surface area contributed by atoms with Crippen LogP contribution >= 0.6 is 0 Å². The third kappa shape index (κ3) is 2.70. The molecule has 1 aromatic rings. The van der Waals surface area contributed by atoms with Crippen molar-refractivity contribution in [2.24, 2.45) is 5.92 Å². The molecule has 0 amide bonds. The number of methoxy groups -OCH3 is 1. The van der Waals surface area contributed by atoms with Crippen LogP contribution in [0.2, 0.25) is 0 Å². The van der Waals surface area contributed by atoms with Crippen LogP contribution in [0.1, 0.15) is 36.9 Å². The van der Waals surface area contributed by atoms with Crippen LogP contribution in [0.3, 0.4) is 0 Å². The molecule has 2 bridgehead atoms. The lowest BCUT2D eigenvalue weighted by Crippen LogP contribution is -2.44. The summed E-state index contributed by atoms with van der Waals surface area (Å²) in [5.74, 6) is 1.83. The van der Waals surface area contributed by atoms with Crippen LogP contribution in [0.25, 0.3) is 0 Å². The quantitative estimate of drug-likeness (QED) is 0.913. The summed E-state index contributed by atoms with van der Waals surface area (Å²) in [6.45, 7) is 8.25. The molecule has 0 spiro atoms. The molecular formula is C17H26N2O. The Morgan fingerprint density at radius 3 is 2.90 bits per heavy atom. The van der Waals surface area contributed by atoms with Gasteiger partial charge in [0.15, 0.2) is 0 Å². The molecular weight excluding hydrogens is 248 g/mol. The molecule has 3 rings (SSSR count). The second kappa shape index (κ2) is 5.74. The Morgan fingerprint density at radius 2 is 2.10 bits per heavy atom. The van der Waals surface area contributed by atoms with Gasteiger partial charge in [0.2, 0.25) is 0 Å². The predicted molar refractivity (Wildman–Crippen MR) is 82.2 cm³/mol. The van der Waals surface area contributed by atoms with Crippen LogP contribution in [0.5, 0.6) is 5.75 Å². The zero-order valence-corrected chi connectivity index (χ0v) is 12.9. The summed E-state index contributed by atoms with van der Waals surface area (Å²) >= 11 is 0. The molecule has 2 heterocycles. The van der Waals surface area contributed by atoms with Crippen molar-refractivity contribution in [3.63, 3.8) is 0 Å². The highest BCUT2D eigenvalue weighted by Crippen LogP contribution is 2.31. The third-order valence-corrected chi connectivity index (χ3v) is 4.95. The average molecular weight is 274 g/mol. The van der Waals surface area contributed by atoms with Crippen molar-refractivity contribution in [2.45, 2.75) is 38.8 Å². The van der Waals surface area contributed by atoms with Crippen molar-refractivity contribution >= 4 is 0 Å². The molecule has 2 fully saturated rings. The van der Waals surface area contributed by atoms with Gasteiger partial charge in [-0.2, -0.15) is 0 Å². The standard InChI is InChI=1S/C17H26N2O/c1-12-4-5-17(20-3)15(10-12)13(2)18-16-7-9-19-8-6-14(16)11-19/h4-5,10,13-14,16,18H,6-9,11H2,1-3H3. The highest BCUT2D eigenvalue weighted by Gasteiger charge is 2.34. The van der Waals surface area contributed by atoms with Crippen molar-refractivity contribution in [2.75, 3.05) is 26.7 Å². The van der Waals surface area contributed by atoms with E-state index in [1.807, 2.05) is 0 Å².